The molecule has 0 aromatic heterocycles. The van der Waals surface area contributed by atoms with Gasteiger partial charge in [0.05, 0.1) is 11.7 Å². The number of carbonyl (C=O) groups excluding carboxylic acids is 1. The van der Waals surface area contributed by atoms with Crippen LogP contribution in [0, 0.1) is 12.0 Å². The number of ketones is 1. The number of allylic oxidation sites excluding steroid dienone is 5. The number of ether oxygens (including phenoxy) is 1. The van der Waals surface area contributed by atoms with Gasteiger partial charge in [0.25, 0.3) is 0 Å². The molecule has 0 bridgehead atoms. The molecule has 1 aliphatic heterocycles. The quantitative estimate of drug-likeness (QED) is 0.334. The summed E-state index contributed by atoms with van der Waals surface area (Å²) in [5.74, 6) is -0.980. The third-order valence-electron chi connectivity index (χ3n) is 4.88. The molecule has 3 N–H and O–H groups in total. The van der Waals surface area contributed by atoms with E-state index < -0.39 is 5.97 Å². The maximum atomic E-state index is 12.1. The van der Waals surface area contributed by atoms with Gasteiger partial charge in [-0.15, -0.1) is 6.08 Å². The van der Waals surface area contributed by atoms with E-state index in [9.17, 15) is 14.7 Å². The number of carboxylic acid groups (broad SMARTS) is 1. The van der Waals surface area contributed by atoms with Gasteiger partial charge in [-0.2, -0.15) is 0 Å². The van der Waals surface area contributed by atoms with Gasteiger partial charge in [0.15, 0.2) is 10.9 Å². The van der Waals surface area contributed by atoms with Gasteiger partial charge in [-0.05, 0) is 53.6 Å². The largest absolute Gasteiger partial charge is 0.488 e. The number of aromatic carboxylic acids is 1. The fourth-order valence-corrected chi connectivity index (χ4v) is 3.71. The molecule has 0 radical (unpaired) electrons. The van der Waals surface area contributed by atoms with E-state index in [0.29, 0.717) is 27.7 Å². The number of carbonyl (C=O) groups is 2. The van der Waals surface area contributed by atoms with Gasteiger partial charge in [-0.25, -0.2) is 16.9 Å². The number of hydrogen-bond donors (Lipinski definition) is 3. The summed E-state index contributed by atoms with van der Waals surface area (Å²) >= 11 is 5.10. The van der Waals surface area contributed by atoms with Gasteiger partial charge in [0.2, 0.25) is 0 Å². The molecule has 0 amide bonds. The fraction of sp³-hybridized carbons (Fsp3) is 0.136. The second-order valence-corrected chi connectivity index (χ2v) is 7.05. The third kappa shape index (κ3) is 4.09. The molecule has 2 aliphatic carbocycles. The molecular formula is C22H17MoN2O4S-. The number of anilines is 1. The van der Waals surface area contributed by atoms with E-state index in [4.69, 9.17) is 17.0 Å². The predicted molar refractivity (Wildman–Crippen MR) is 113 cm³/mol. The average molecular weight is 501 g/mol. The van der Waals surface area contributed by atoms with Crippen molar-refractivity contribution in [2.45, 2.75) is 6.10 Å². The summed E-state index contributed by atoms with van der Waals surface area (Å²) in [6.45, 7) is 0. The summed E-state index contributed by atoms with van der Waals surface area (Å²) in [6.07, 6.45) is 12.7. The molecule has 6 nitrogen and oxygen atoms in total. The molecule has 0 spiro atoms. The van der Waals surface area contributed by atoms with Crippen molar-refractivity contribution in [2.24, 2.45) is 5.92 Å². The van der Waals surface area contributed by atoms with Crippen molar-refractivity contribution in [3.05, 3.63) is 83.2 Å². The Morgan fingerprint density at radius 3 is 2.83 bits per heavy atom. The SMILES string of the molecule is CNC(=S)Nc1ccc(C2=C3C=CC(=O)C=C3OC3C=[C-]C=CC23)c(C(=O)O)c1.[Mo]. The molecule has 0 saturated heterocycles. The fourth-order valence-electron chi connectivity index (χ4n) is 3.59. The van der Waals surface area contributed by atoms with Gasteiger partial charge < -0.3 is 20.5 Å². The van der Waals surface area contributed by atoms with E-state index in [1.807, 2.05) is 6.08 Å². The van der Waals surface area contributed by atoms with Crippen LogP contribution in [0.5, 0.6) is 0 Å². The van der Waals surface area contributed by atoms with Crippen molar-refractivity contribution in [2.75, 3.05) is 12.4 Å². The van der Waals surface area contributed by atoms with Crippen molar-refractivity contribution in [3.8, 4) is 0 Å². The van der Waals surface area contributed by atoms with Crippen LogP contribution in [0.3, 0.4) is 0 Å². The molecule has 1 aromatic carbocycles. The summed E-state index contributed by atoms with van der Waals surface area (Å²) in [5.41, 5.74) is 2.77. The molecule has 1 heterocycles. The average Bonchev–Trinajstić information content (AvgIpc) is 2.71. The second-order valence-electron chi connectivity index (χ2n) is 6.64. The first-order valence-electron chi connectivity index (χ1n) is 8.95. The van der Waals surface area contributed by atoms with Crippen LogP contribution in [-0.4, -0.2) is 35.1 Å². The topological polar surface area (TPSA) is 87.7 Å². The molecular weight excluding hydrogens is 484 g/mol. The molecule has 2 atom stereocenters. The first-order chi connectivity index (χ1) is 14.0. The summed E-state index contributed by atoms with van der Waals surface area (Å²) < 4.78 is 5.98. The maximum Gasteiger partial charge on any atom is 0.336 e. The summed E-state index contributed by atoms with van der Waals surface area (Å²) in [6, 6.07) is 5.08. The number of thiocarbonyl (C=S) groups is 1. The molecule has 1 aromatic rings. The van der Waals surface area contributed by atoms with Crippen LogP contribution in [0.15, 0.2) is 66.0 Å². The number of carboxylic acids is 1. The third-order valence-corrected chi connectivity index (χ3v) is 5.19. The minimum absolute atomic E-state index is 0. The van der Waals surface area contributed by atoms with Crippen LogP contribution in [0.25, 0.3) is 5.57 Å². The van der Waals surface area contributed by atoms with Crippen LogP contribution < -0.4 is 10.6 Å². The molecule has 30 heavy (non-hydrogen) atoms. The van der Waals surface area contributed by atoms with E-state index in [2.05, 4.69) is 16.7 Å². The standard InChI is InChI=1S/C22H17N2O4S.Mo/c1-23-22(29)24-12-6-8-14(17(10-12)21(26)27)20-15-4-2-3-5-18(15)28-19-11-13(25)7-9-16(19)20;/h2,4-11,15,18H,1H3,(H,26,27)(H2,23,24,29);/q-1;. The number of fused-ring (bicyclic) bond motifs is 2. The zero-order valence-corrected chi connectivity index (χ0v) is 18.7. The minimum atomic E-state index is -1.06. The van der Waals surface area contributed by atoms with Gasteiger partial charge in [0.1, 0.15) is 5.76 Å². The van der Waals surface area contributed by atoms with Crippen LogP contribution in [0.4, 0.5) is 5.69 Å². The Labute approximate surface area is 193 Å². The van der Waals surface area contributed by atoms with Crippen molar-refractivity contribution in [1.29, 1.82) is 0 Å². The minimum Gasteiger partial charge on any atom is -0.488 e. The second kappa shape index (κ2) is 8.94. The zero-order chi connectivity index (χ0) is 20.5. The van der Waals surface area contributed by atoms with E-state index in [-0.39, 0.29) is 44.4 Å². The monoisotopic (exact) mass is 503 g/mol. The van der Waals surface area contributed by atoms with Crippen LogP contribution in [-0.2, 0) is 30.6 Å². The van der Waals surface area contributed by atoms with E-state index in [0.717, 1.165) is 5.57 Å². The van der Waals surface area contributed by atoms with Gasteiger partial charge in [0, 0.05) is 45.4 Å². The Balaban J connectivity index is 0.00000256. The number of hydrogen-bond acceptors (Lipinski definition) is 4. The van der Waals surface area contributed by atoms with Crippen molar-refractivity contribution >= 4 is 40.3 Å². The maximum absolute atomic E-state index is 12.1. The molecule has 152 valence electrons. The van der Waals surface area contributed by atoms with E-state index in [1.165, 1.54) is 12.2 Å². The zero-order valence-electron chi connectivity index (χ0n) is 15.8. The van der Waals surface area contributed by atoms with Crippen molar-refractivity contribution in [1.82, 2.24) is 5.32 Å². The Bertz CT molecular complexity index is 1080. The predicted octanol–water partition coefficient (Wildman–Crippen LogP) is 3.02. The molecule has 0 fully saturated rings. The molecule has 8 heteroatoms. The van der Waals surface area contributed by atoms with Gasteiger partial charge in [-0.3, -0.25) is 10.9 Å². The number of nitrogens with one attached hydrogen (secondary N) is 2. The Hall–Kier alpha value is -2.76. The van der Waals surface area contributed by atoms with Crippen molar-refractivity contribution < 1.29 is 40.5 Å². The first kappa shape index (κ1) is 21.9. The summed E-state index contributed by atoms with van der Waals surface area (Å²) in [7, 11) is 1.68. The van der Waals surface area contributed by atoms with E-state index in [1.54, 1.807) is 43.5 Å². The molecule has 2 unspecified atom stereocenters. The van der Waals surface area contributed by atoms with Crippen molar-refractivity contribution in [3.63, 3.8) is 0 Å². The smallest absolute Gasteiger partial charge is 0.336 e. The number of benzene rings is 1. The number of rotatable bonds is 3. The molecule has 4 rings (SSSR count). The van der Waals surface area contributed by atoms with Crippen LogP contribution in [0.1, 0.15) is 15.9 Å². The first-order valence-corrected chi connectivity index (χ1v) is 9.36. The summed E-state index contributed by atoms with van der Waals surface area (Å²) in [5, 5.41) is 16.0. The Kier molecular flexibility index (Phi) is 6.54. The van der Waals surface area contributed by atoms with Gasteiger partial charge >= 0.3 is 5.97 Å². The van der Waals surface area contributed by atoms with Crippen LogP contribution in [0.2, 0.25) is 0 Å². The van der Waals surface area contributed by atoms with Gasteiger partial charge in [-0.1, -0.05) is 6.07 Å². The van der Waals surface area contributed by atoms with Crippen LogP contribution >= 0.6 is 12.2 Å². The van der Waals surface area contributed by atoms with E-state index >= 15 is 0 Å². The normalized spacial score (nSPS) is 21.0. The Morgan fingerprint density at radius 2 is 2.10 bits per heavy atom. The molecule has 3 aliphatic rings. The molecule has 0 saturated carbocycles. The Morgan fingerprint density at radius 1 is 1.30 bits per heavy atom. The summed E-state index contributed by atoms with van der Waals surface area (Å²) in [4.78, 5) is 23.9.